The van der Waals surface area contributed by atoms with Crippen molar-refractivity contribution in [2.75, 3.05) is 6.61 Å². The summed E-state index contributed by atoms with van der Waals surface area (Å²) in [6.45, 7) is 9.31. The Morgan fingerprint density at radius 2 is 1.62 bits per heavy atom. The highest BCUT2D eigenvalue weighted by molar-refractivity contribution is 4.41. The Bertz CT molecular complexity index is 40.3. The largest absolute Gasteiger partial charge is 0.379 e. The first kappa shape index (κ1) is 7.96. The molecule has 0 spiro atoms. The summed E-state index contributed by atoms with van der Waals surface area (Å²) in [7, 11) is 0. The number of ether oxygens (including phenoxy) is 1. The van der Waals surface area contributed by atoms with E-state index >= 15 is 0 Å². The third kappa shape index (κ3) is 5.96. The third-order valence-corrected chi connectivity index (χ3v) is 0.763. The Labute approximate surface area is 52.0 Å². The first-order valence-electron chi connectivity index (χ1n) is 3.24. The fourth-order valence-corrected chi connectivity index (χ4v) is 0.385. The van der Waals surface area contributed by atoms with E-state index in [1.54, 1.807) is 0 Å². The second-order valence-electron chi connectivity index (χ2n) is 2.78. The molecule has 0 fully saturated rings. The van der Waals surface area contributed by atoms with Crippen LogP contribution in [0.5, 0.6) is 0 Å². The van der Waals surface area contributed by atoms with Gasteiger partial charge in [0.1, 0.15) is 0 Å². The van der Waals surface area contributed by atoms with Crippen molar-refractivity contribution in [3.8, 4) is 0 Å². The van der Waals surface area contributed by atoms with Crippen LogP contribution < -0.4 is 0 Å². The van der Waals surface area contributed by atoms with E-state index < -0.39 is 0 Å². The van der Waals surface area contributed by atoms with Gasteiger partial charge in [0.2, 0.25) is 0 Å². The Balaban J connectivity index is 2.93. The molecule has 8 heavy (non-hydrogen) atoms. The van der Waals surface area contributed by atoms with Crippen LogP contribution in [-0.2, 0) is 4.74 Å². The van der Waals surface area contributed by atoms with Gasteiger partial charge in [-0.1, -0.05) is 13.8 Å². The lowest BCUT2D eigenvalue weighted by Crippen LogP contribution is -2.08. The van der Waals surface area contributed by atoms with Crippen LogP contribution in [0.4, 0.5) is 0 Å². The molecule has 0 unspecified atom stereocenters. The molecule has 0 N–H and O–H groups in total. The lowest BCUT2D eigenvalue weighted by molar-refractivity contribution is 0.0593. The van der Waals surface area contributed by atoms with Gasteiger partial charge in [0.05, 0.1) is 6.10 Å². The van der Waals surface area contributed by atoms with Gasteiger partial charge in [-0.05, 0) is 19.8 Å². The molecule has 1 nitrogen and oxygen atoms in total. The molecule has 0 aliphatic heterocycles. The first-order chi connectivity index (χ1) is 3.63. The highest BCUT2D eigenvalue weighted by Crippen LogP contribution is 1.95. The lowest BCUT2D eigenvalue weighted by atomic mass is 10.2. The summed E-state index contributed by atoms with van der Waals surface area (Å²) in [6.07, 6.45) is 0.386. The molecule has 0 saturated carbocycles. The van der Waals surface area contributed by atoms with Gasteiger partial charge in [-0.3, -0.25) is 0 Å². The highest BCUT2D eigenvalue weighted by atomic mass is 16.5. The molecule has 0 aromatic carbocycles. The van der Waals surface area contributed by atoms with Crippen molar-refractivity contribution in [3.05, 3.63) is 0 Å². The maximum Gasteiger partial charge on any atom is 0.0518 e. The Morgan fingerprint density at radius 1 is 1.12 bits per heavy atom. The predicted octanol–water partition coefficient (Wildman–Crippen LogP) is 2.07. The second kappa shape index (κ2) is 3.90. The molecule has 0 amide bonds. The zero-order chi connectivity index (χ0) is 6.57. The van der Waals surface area contributed by atoms with Gasteiger partial charge < -0.3 is 4.74 Å². The number of hydrogen-bond donors (Lipinski definition) is 0. The molecule has 0 rings (SSSR count). The van der Waals surface area contributed by atoms with Crippen LogP contribution >= 0.6 is 0 Å². The highest BCUT2D eigenvalue weighted by Gasteiger charge is 1.94. The van der Waals surface area contributed by atoms with E-state index in [1.807, 2.05) is 0 Å². The van der Waals surface area contributed by atoms with Crippen molar-refractivity contribution in [3.63, 3.8) is 0 Å². The molecule has 0 radical (unpaired) electrons. The van der Waals surface area contributed by atoms with Crippen molar-refractivity contribution < 1.29 is 4.74 Å². The smallest absolute Gasteiger partial charge is 0.0518 e. The van der Waals surface area contributed by atoms with E-state index in [0.29, 0.717) is 12.0 Å². The molecule has 50 valence electrons. The van der Waals surface area contributed by atoms with Gasteiger partial charge in [-0.2, -0.15) is 0 Å². The van der Waals surface area contributed by atoms with Crippen molar-refractivity contribution in [2.45, 2.75) is 33.8 Å². The quantitative estimate of drug-likeness (QED) is 0.548. The average molecular weight is 116 g/mol. The molecule has 0 aliphatic rings. The van der Waals surface area contributed by atoms with Crippen LogP contribution in [-0.4, -0.2) is 12.7 Å². The van der Waals surface area contributed by atoms with Crippen LogP contribution in [0, 0.1) is 5.92 Å². The molecule has 1 heteroatoms. The molecular weight excluding hydrogens is 100 g/mol. The second-order valence-corrected chi connectivity index (χ2v) is 2.78. The average Bonchev–Trinajstić information content (AvgIpc) is 1.61. The van der Waals surface area contributed by atoms with Gasteiger partial charge >= 0.3 is 0 Å². The van der Waals surface area contributed by atoms with Crippen LogP contribution in [0.15, 0.2) is 0 Å². The Kier molecular flexibility index (Phi) is 3.88. The summed E-state index contributed by atoms with van der Waals surface area (Å²) in [5.74, 6) is 0.664. The molecule has 0 heterocycles. The van der Waals surface area contributed by atoms with E-state index in [4.69, 9.17) is 4.74 Å². The van der Waals surface area contributed by atoms with E-state index in [2.05, 4.69) is 27.7 Å². The van der Waals surface area contributed by atoms with E-state index in [9.17, 15) is 0 Å². The van der Waals surface area contributed by atoms with Crippen molar-refractivity contribution >= 4 is 0 Å². The van der Waals surface area contributed by atoms with Gasteiger partial charge in [-0.15, -0.1) is 0 Å². The fourth-order valence-electron chi connectivity index (χ4n) is 0.385. The number of rotatable bonds is 3. The minimum absolute atomic E-state index is 0.386. The van der Waals surface area contributed by atoms with E-state index in [1.165, 1.54) is 0 Å². The van der Waals surface area contributed by atoms with E-state index in [-0.39, 0.29) is 0 Å². The molecule has 0 atom stereocenters. The summed E-state index contributed by atoms with van der Waals surface area (Å²) < 4.78 is 5.30. The summed E-state index contributed by atoms with van der Waals surface area (Å²) in [4.78, 5) is 0. The maximum atomic E-state index is 5.30. The minimum atomic E-state index is 0.386. The topological polar surface area (TPSA) is 9.23 Å². The zero-order valence-corrected chi connectivity index (χ0v) is 6.27. The third-order valence-electron chi connectivity index (χ3n) is 0.763. The minimum Gasteiger partial charge on any atom is -0.379 e. The van der Waals surface area contributed by atoms with Crippen LogP contribution in [0.2, 0.25) is 0 Å². The Morgan fingerprint density at radius 3 is 1.75 bits per heavy atom. The van der Waals surface area contributed by atoms with Gasteiger partial charge in [-0.25, -0.2) is 0 Å². The molecule has 0 saturated heterocycles. The summed E-state index contributed by atoms with van der Waals surface area (Å²) >= 11 is 0. The van der Waals surface area contributed by atoms with Gasteiger partial charge in [0.15, 0.2) is 0 Å². The summed E-state index contributed by atoms with van der Waals surface area (Å²) in [6, 6.07) is 0. The van der Waals surface area contributed by atoms with Crippen LogP contribution in [0.1, 0.15) is 27.7 Å². The zero-order valence-electron chi connectivity index (χ0n) is 6.27. The molecule has 0 aliphatic carbocycles. The van der Waals surface area contributed by atoms with Crippen LogP contribution in [0.25, 0.3) is 0 Å². The Hall–Kier alpha value is -0.0400. The fraction of sp³-hybridized carbons (Fsp3) is 1.00. The SMILES string of the molecule is CC(C)COC(C)C. The first-order valence-corrected chi connectivity index (χ1v) is 3.24. The molecular formula is C7H16O. The summed E-state index contributed by atoms with van der Waals surface area (Å²) in [5, 5.41) is 0. The van der Waals surface area contributed by atoms with Crippen molar-refractivity contribution in [2.24, 2.45) is 5.92 Å². The molecule has 0 aromatic rings. The lowest BCUT2D eigenvalue weighted by Gasteiger charge is -2.08. The number of hydrogen-bond acceptors (Lipinski definition) is 1. The maximum absolute atomic E-state index is 5.30. The standard InChI is InChI=1S/C7H16O/c1-6(2)5-8-7(3)4/h6-7H,5H2,1-4H3. The molecule has 0 bridgehead atoms. The van der Waals surface area contributed by atoms with Crippen molar-refractivity contribution in [1.82, 2.24) is 0 Å². The monoisotopic (exact) mass is 116 g/mol. The van der Waals surface area contributed by atoms with Gasteiger partial charge in [0, 0.05) is 6.61 Å². The summed E-state index contributed by atoms with van der Waals surface area (Å²) in [5.41, 5.74) is 0. The normalized spacial score (nSPS) is 11.2. The predicted molar refractivity (Wildman–Crippen MR) is 35.9 cm³/mol. The molecule has 0 aromatic heterocycles. The van der Waals surface area contributed by atoms with E-state index in [0.717, 1.165) is 6.61 Å². The van der Waals surface area contributed by atoms with Gasteiger partial charge in [0.25, 0.3) is 0 Å². The van der Waals surface area contributed by atoms with Crippen molar-refractivity contribution in [1.29, 1.82) is 0 Å². The van der Waals surface area contributed by atoms with Crippen LogP contribution in [0.3, 0.4) is 0 Å².